The number of nitrogens with one attached hydrogen (secondary N) is 1. The number of benzene rings is 3. The molecule has 0 unspecified atom stereocenters. The number of ether oxygens (including phenoxy) is 2. The van der Waals surface area contributed by atoms with Crippen LogP contribution in [0.4, 0.5) is 10.1 Å². The van der Waals surface area contributed by atoms with Crippen molar-refractivity contribution in [2.75, 3.05) is 11.9 Å². The highest BCUT2D eigenvalue weighted by Gasteiger charge is 2.15. The maximum Gasteiger partial charge on any atom is 0.341 e. The third-order valence-electron chi connectivity index (χ3n) is 3.87. The fourth-order valence-corrected chi connectivity index (χ4v) is 2.60. The molecule has 0 bridgehead atoms. The van der Waals surface area contributed by atoms with Gasteiger partial charge in [-0.15, -0.1) is 0 Å². The molecule has 3 rings (SSSR count). The third-order valence-corrected chi connectivity index (χ3v) is 4.11. The van der Waals surface area contributed by atoms with Crippen LogP contribution in [0.15, 0.2) is 72.8 Å². The van der Waals surface area contributed by atoms with Crippen molar-refractivity contribution < 1.29 is 23.5 Å². The molecule has 0 radical (unpaired) electrons. The summed E-state index contributed by atoms with van der Waals surface area (Å²) in [6, 6.07) is 20.1. The number of anilines is 1. The van der Waals surface area contributed by atoms with E-state index in [1.807, 2.05) is 30.3 Å². The molecule has 1 N–H and O–H groups in total. The van der Waals surface area contributed by atoms with E-state index in [1.54, 1.807) is 24.3 Å². The fraction of sp³-hybridized carbons (Fsp3) is 0.0909. The normalized spacial score (nSPS) is 10.3. The van der Waals surface area contributed by atoms with E-state index in [0.29, 0.717) is 18.0 Å². The van der Waals surface area contributed by atoms with Gasteiger partial charge in [-0.25, -0.2) is 9.18 Å². The Morgan fingerprint density at radius 3 is 2.38 bits per heavy atom. The van der Waals surface area contributed by atoms with Crippen LogP contribution in [0.3, 0.4) is 0 Å². The molecule has 0 aromatic heterocycles. The van der Waals surface area contributed by atoms with Crippen LogP contribution in [-0.2, 0) is 16.1 Å². The first kappa shape index (κ1) is 20.4. The molecule has 5 nitrogen and oxygen atoms in total. The van der Waals surface area contributed by atoms with E-state index < -0.39 is 24.3 Å². The molecular weight excluding hydrogens is 397 g/mol. The molecular formula is C22H17ClFNO4. The maximum absolute atomic E-state index is 13.7. The number of hydrogen-bond donors (Lipinski definition) is 1. The average Bonchev–Trinajstić information content (AvgIpc) is 2.72. The second-order valence-corrected chi connectivity index (χ2v) is 6.48. The summed E-state index contributed by atoms with van der Waals surface area (Å²) in [7, 11) is 0. The molecule has 0 spiro atoms. The smallest absolute Gasteiger partial charge is 0.341 e. The number of hydrogen-bond acceptors (Lipinski definition) is 4. The Morgan fingerprint density at radius 2 is 1.69 bits per heavy atom. The minimum Gasteiger partial charge on any atom is -0.489 e. The van der Waals surface area contributed by atoms with Crippen molar-refractivity contribution >= 4 is 29.2 Å². The van der Waals surface area contributed by atoms with Gasteiger partial charge >= 0.3 is 5.97 Å². The summed E-state index contributed by atoms with van der Waals surface area (Å²) in [6.45, 7) is -0.114. The van der Waals surface area contributed by atoms with Gasteiger partial charge in [0.2, 0.25) is 0 Å². The number of rotatable bonds is 7. The first-order valence-corrected chi connectivity index (χ1v) is 9.08. The lowest BCUT2D eigenvalue weighted by Crippen LogP contribution is -2.21. The largest absolute Gasteiger partial charge is 0.489 e. The predicted octanol–water partition coefficient (Wildman–Crippen LogP) is 4.85. The van der Waals surface area contributed by atoms with Crippen LogP contribution in [0, 0.1) is 5.82 Å². The van der Waals surface area contributed by atoms with Crippen LogP contribution < -0.4 is 10.1 Å². The first-order chi connectivity index (χ1) is 14.0. The van der Waals surface area contributed by atoms with Crippen molar-refractivity contribution in [1.29, 1.82) is 0 Å². The molecule has 148 valence electrons. The lowest BCUT2D eigenvalue weighted by Gasteiger charge is -2.09. The number of esters is 1. The van der Waals surface area contributed by atoms with Gasteiger partial charge in [0.15, 0.2) is 6.61 Å². The number of halogens is 2. The van der Waals surface area contributed by atoms with Gasteiger partial charge in [0.05, 0.1) is 5.56 Å². The fourth-order valence-electron chi connectivity index (χ4n) is 2.44. The quantitative estimate of drug-likeness (QED) is 0.562. The van der Waals surface area contributed by atoms with E-state index in [9.17, 15) is 14.0 Å². The standard InChI is InChI=1S/C22H17ClFNO4/c23-16-6-11-19(20(24)12-16)22(27)29-14-21(26)25-17-7-9-18(10-8-17)28-13-15-4-2-1-3-5-15/h1-12H,13-14H2,(H,25,26). The summed E-state index contributed by atoms with van der Waals surface area (Å²) in [5.74, 6) is -1.66. The minimum absolute atomic E-state index is 0.160. The number of carbonyl (C=O) groups excluding carboxylic acids is 2. The molecule has 7 heteroatoms. The van der Waals surface area contributed by atoms with Crippen molar-refractivity contribution in [2.24, 2.45) is 0 Å². The van der Waals surface area contributed by atoms with Crippen molar-refractivity contribution in [3.05, 3.63) is 94.8 Å². The molecule has 0 saturated heterocycles. The molecule has 0 heterocycles. The Hall–Kier alpha value is -3.38. The lowest BCUT2D eigenvalue weighted by molar-refractivity contribution is -0.119. The van der Waals surface area contributed by atoms with Gasteiger partial charge in [-0.1, -0.05) is 41.9 Å². The Bertz CT molecular complexity index is 993. The van der Waals surface area contributed by atoms with E-state index in [4.69, 9.17) is 21.1 Å². The van der Waals surface area contributed by atoms with Crippen LogP contribution in [-0.4, -0.2) is 18.5 Å². The molecule has 29 heavy (non-hydrogen) atoms. The Morgan fingerprint density at radius 1 is 0.966 bits per heavy atom. The zero-order valence-electron chi connectivity index (χ0n) is 15.2. The van der Waals surface area contributed by atoms with E-state index in [2.05, 4.69) is 5.32 Å². The summed E-state index contributed by atoms with van der Waals surface area (Å²) in [5.41, 5.74) is 1.27. The Kier molecular flexibility index (Phi) is 6.81. The van der Waals surface area contributed by atoms with E-state index in [-0.39, 0.29) is 10.6 Å². The molecule has 0 saturated carbocycles. The highest BCUT2D eigenvalue weighted by atomic mass is 35.5. The van der Waals surface area contributed by atoms with Gasteiger partial charge in [-0.05, 0) is 48.0 Å². The van der Waals surface area contributed by atoms with Gasteiger partial charge in [-0.3, -0.25) is 4.79 Å². The van der Waals surface area contributed by atoms with Crippen molar-refractivity contribution in [1.82, 2.24) is 0 Å². The highest BCUT2D eigenvalue weighted by molar-refractivity contribution is 6.30. The third kappa shape index (κ3) is 6.05. The molecule has 3 aromatic rings. The van der Waals surface area contributed by atoms with Gasteiger partial charge < -0.3 is 14.8 Å². The average molecular weight is 414 g/mol. The summed E-state index contributed by atoms with van der Waals surface area (Å²) in [6.07, 6.45) is 0. The van der Waals surface area contributed by atoms with Crippen LogP contribution >= 0.6 is 11.6 Å². The van der Waals surface area contributed by atoms with Crippen LogP contribution in [0.1, 0.15) is 15.9 Å². The van der Waals surface area contributed by atoms with Gasteiger partial charge in [-0.2, -0.15) is 0 Å². The molecule has 0 aliphatic rings. The van der Waals surface area contributed by atoms with E-state index in [1.165, 1.54) is 12.1 Å². The summed E-state index contributed by atoms with van der Waals surface area (Å²) in [4.78, 5) is 23.8. The Labute approximate surface area is 172 Å². The van der Waals surface area contributed by atoms with Gasteiger partial charge in [0.25, 0.3) is 5.91 Å². The summed E-state index contributed by atoms with van der Waals surface area (Å²) < 4.78 is 24.2. The van der Waals surface area contributed by atoms with Crippen LogP contribution in [0.5, 0.6) is 5.75 Å². The van der Waals surface area contributed by atoms with Gasteiger partial charge in [0, 0.05) is 10.7 Å². The SMILES string of the molecule is O=C(COC(=O)c1ccc(Cl)cc1F)Nc1ccc(OCc2ccccc2)cc1. The molecule has 1 amide bonds. The van der Waals surface area contributed by atoms with Crippen LogP contribution in [0.2, 0.25) is 5.02 Å². The molecule has 0 atom stereocenters. The minimum atomic E-state index is -0.945. The van der Waals surface area contributed by atoms with Crippen LogP contribution in [0.25, 0.3) is 0 Å². The number of amides is 1. The maximum atomic E-state index is 13.7. The Balaban J connectivity index is 1.47. The van der Waals surface area contributed by atoms with Crippen molar-refractivity contribution in [3.63, 3.8) is 0 Å². The molecule has 3 aromatic carbocycles. The van der Waals surface area contributed by atoms with Crippen molar-refractivity contribution in [2.45, 2.75) is 6.61 Å². The zero-order valence-corrected chi connectivity index (χ0v) is 16.0. The van der Waals surface area contributed by atoms with Gasteiger partial charge in [0.1, 0.15) is 18.2 Å². The summed E-state index contributed by atoms with van der Waals surface area (Å²) in [5, 5.41) is 2.75. The summed E-state index contributed by atoms with van der Waals surface area (Å²) >= 11 is 5.64. The van der Waals surface area contributed by atoms with E-state index in [0.717, 1.165) is 11.6 Å². The second-order valence-electron chi connectivity index (χ2n) is 6.05. The number of carbonyl (C=O) groups is 2. The predicted molar refractivity (Wildman–Crippen MR) is 108 cm³/mol. The second kappa shape index (κ2) is 9.71. The highest BCUT2D eigenvalue weighted by Crippen LogP contribution is 2.18. The first-order valence-electron chi connectivity index (χ1n) is 8.70. The van der Waals surface area contributed by atoms with Crippen molar-refractivity contribution in [3.8, 4) is 5.75 Å². The molecule has 0 fully saturated rings. The monoisotopic (exact) mass is 413 g/mol. The zero-order chi connectivity index (χ0) is 20.6. The van der Waals surface area contributed by atoms with E-state index >= 15 is 0 Å². The molecule has 0 aliphatic carbocycles. The topological polar surface area (TPSA) is 64.6 Å². The molecule has 0 aliphatic heterocycles. The lowest BCUT2D eigenvalue weighted by atomic mass is 10.2.